The van der Waals surface area contributed by atoms with Crippen LogP contribution in [0.5, 0.6) is 0 Å². The number of hydrogen-bond donors (Lipinski definition) is 3. The van der Waals surface area contributed by atoms with Crippen molar-refractivity contribution in [1.29, 1.82) is 0 Å². The van der Waals surface area contributed by atoms with Gasteiger partial charge in [-0.25, -0.2) is 0 Å². The van der Waals surface area contributed by atoms with Gasteiger partial charge in [0.1, 0.15) is 6.54 Å². The minimum Gasteiger partial charge on any atom is -0.342 e. The molecule has 9 heteroatoms. The predicted molar refractivity (Wildman–Crippen MR) is 89.4 cm³/mol. The van der Waals surface area contributed by atoms with Gasteiger partial charge < -0.3 is 5.32 Å². The van der Waals surface area contributed by atoms with Gasteiger partial charge in [0.2, 0.25) is 0 Å². The third-order valence-electron chi connectivity index (χ3n) is 3.11. The van der Waals surface area contributed by atoms with Crippen molar-refractivity contribution >= 4 is 29.1 Å². The standard InChI is InChI=1S/C15H19N5O3S/c1-9-6-10(2)20(19-9)8-14(22)18-17-13(21)7-16-15(23)12-5-4-11(3)24-12/h4-6H,7-8H2,1-3H3,(H,16,23)(H,17,21)(H,18,22). The Morgan fingerprint density at radius 2 is 1.83 bits per heavy atom. The van der Waals surface area contributed by atoms with Gasteiger partial charge in [-0.1, -0.05) is 0 Å². The van der Waals surface area contributed by atoms with E-state index in [-0.39, 0.29) is 19.0 Å². The highest BCUT2D eigenvalue weighted by Gasteiger charge is 2.11. The van der Waals surface area contributed by atoms with Crippen molar-refractivity contribution in [3.8, 4) is 0 Å². The quantitative estimate of drug-likeness (QED) is 0.682. The summed E-state index contributed by atoms with van der Waals surface area (Å²) in [5.41, 5.74) is 6.21. The van der Waals surface area contributed by atoms with Gasteiger partial charge in [-0.3, -0.25) is 29.9 Å². The fourth-order valence-corrected chi connectivity index (χ4v) is 2.78. The summed E-state index contributed by atoms with van der Waals surface area (Å²) in [5, 5.41) is 6.65. The number of carbonyl (C=O) groups excluding carboxylic acids is 3. The van der Waals surface area contributed by atoms with Crippen LogP contribution in [0.1, 0.15) is 25.9 Å². The Bertz CT molecular complexity index is 765. The Kier molecular flexibility index (Phi) is 5.69. The Balaban J connectivity index is 1.71. The molecular formula is C15H19N5O3S. The number of carbonyl (C=O) groups is 3. The van der Waals surface area contributed by atoms with Gasteiger partial charge in [-0.05, 0) is 39.0 Å². The van der Waals surface area contributed by atoms with Gasteiger partial charge in [0.25, 0.3) is 17.7 Å². The van der Waals surface area contributed by atoms with Crippen LogP contribution in [-0.4, -0.2) is 34.0 Å². The molecular weight excluding hydrogens is 330 g/mol. The van der Waals surface area contributed by atoms with E-state index in [0.717, 1.165) is 16.3 Å². The molecule has 3 N–H and O–H groups in total. The second-order valence-electron chi connectivity index (χ2n) is 5.27. The minimum atomic E-state index is -0.515. The first-order chi connectivity index (χ1) is 11.3. The second-order valence-corrected chi connectivity index (χ2v) is 6.56. The number of hydrazine groups is 1. The van der Waals surface area contributed by atoms with Crippen LogP contribution in [0.4, 0.5) is 0 Å². The molecule has 0 radical (unpaired) electrons. The van der Waals surface area contributed by atoms with Gasteiger partial charge >= 0.3 is 0 Å². The maximum Gasteiger partial charge on any atom is 0.261 e. The normalized spacial score (nSPS) is 10.3. The maximum absolute atomic E-state index is 11.8. The van der Waals surface area contributed by atoms with Crippen LogP contribution in [0.2, 0.25) is 0 Å². The van der Waals surface area contributed by atoms with Gasteiger partial charge in [0, 0.05) is 10.6 Å². The molecule has 0 atom stereocenters. The van der Waals surface area contributed by atoms with Crippen molar-refractivity contribution in [2.24, 2.45) is 0 Å². The van der Waals surface area contributed by atoms with Crippen LogP contribution in [0.25, 0.3) is 0 Å². The van der Waals surface area contributed by atoms with E-state index in [4.69, 9.17) is 0 Å². The molecule has 2 rings (SSSR count). The molecule has 0 saturated heterocycles. The summed E-state index contributed by atoms with van der Waals surface area (Å²) in [5.74, 6) is -1.25. The third kappa shape index (κ3) is 4.92. The first kappa shape index (κ1) is 17.7. The number of aryl methyl sites for hydroxylation is 3. The van der Waals surface area contributed by atoms with Crippen LogP contribution >= 0.6 is 11.3 Å². The average molecular weight is 349 g/mol. The van der Waals surface area contributed by atoms with Crippen molar-refractivity contribution in [2.45, 2.75) is 27.3 Å². The van der Waals surface area contributed by atoms with E-state index in [2.05, 4.69) is 21.3 Å². The van der Waals surface area contributed by atoms with Gasteiger partial charge in [-0.2, -0.15) is 5.10 Å². The van der Waals surface area contributed by atoms with Crippen LogP contribution < -0.4 is 16.2 Å². The Hall–Kier alpha value is -2.68. The number of hydrogen-bond acceptors (Lipinski definition) is 5. The fourth-order valence-electron chi connectivity index (χ4n) is 2.00. The molecule has 3 amide bonds. The van der Waals surface area contributed by atoms with Gasteiger partial charge in [0.05, 0.1) is 17.1 Å². The summed E-state index contributed by atoms with van der Waals surface area (Å²) in [4.78, 5) is 36.8. The zero-order valence-electron chi connectivity index (χ0n) is 13.7. The molecule has 0 aliphatic rings. The monoisotopic (exact) mass is 349 g/mol. The van der Waals surface area contributed by atoms with E-state index >= 15 is 0 Å². The highest BCUT2D eigenvalue weighted by atomic mass is 32.1. The molecule has 0 aliphatic heterocycles. The van der Waals surface area contributed by atoms with Crippen molar-refractivity contribution in [3.05, 3.63) is 39.3 Å². The van der Waals surface area contributed by atoms with Crippen LogP contribution in [0, 0.1) is 20.8 Å². The molecule has 0 aliphatic carbocycles. The van der Waals surface area contributed by atoms with E-state index in [0.29, 0.717) is 4.88 Å². The van der Waals surface area contributed by atoms with Crippen LogP contribution in [0.15, 0.2) is 18.2 Å². The average Bonchev–Trinajstić information content (AvgIpc) is 3.08. The molecule has 0 fully saturated rings. The van der Waals surface area contributed by atoms with Crippen molar-refractivity contribution in [3.63, 3.8) is 0 Å². The summed E-state index contributed by atoms with van der Waals surface area (Å²) in [6, 6.07) is 5.38. The van der Waals surface area contributed by atoms with Crippen molar-refractivity contribution < 1.29 is 14.4 Å². The molecule has 8 nitrogen and oxygen atoms in total. The maximum atomic E-state index is 11.8. The highest BCUT2D eigenvalue weighted by Crippen LogP contribution is 2.14. The Labute approximate surface area is 143 Å². The summed E-state index contributed by atoms with van der Waals surface area (Å²) in [6.45, 7) is 5.35. The smallest absolute Gasteiger partial charge is 0.261 e. The summed E-state index contributed by atoms with van der Waals surface area (Å²) in [7, 11) is 0. The molecule has 2 aromatic heterocycles. The Morgan fingerprint density at radius 3 is 2.42 bits per heavy atom. The van der Waals surface area contributed by atoms with Crippen molar-refractivity contribution in [1.82, 2.24) is 25.9 Å². The lowest BCUT2D eigenvalue weighted by Gasteiger charge is -2.09. The fraction of sp³-hybridized carbons (Fsp3) is 0.333. The van der Waals surface area contributed by atoms with Crippen molar-refractivity contribution in [2.75, 3.05) is 6.54 Å². The molecule has 0 bridgehead atoms. The molecule has 24 heavy (non-hydrogen) atoms. The van der Waals surface area contributed by atoms with Crippen LogP contribution in [0.3, 0.4) is 0 Å². The lowest BCUT2D eigenvalue weighted by Crippen LogP contribution is -2.47. The zero-order chi connectivity index (χ0) is 17.7. The van der Waals surface area contributed by atoms with E-state index < -0.39 is 11.8 Å². The molecule has 0 aromatic carbocycles. The first-order valence-electron chi connectivity index (χ1n) is 7.28. The van der Waals surface area contributed by atoms with Crippen LogP contribution in [-0.2, 0) is 16.1 Å². The predicted octanol–water partition coefficient (Wildman–Crippen LogP) is 0.447. The van der Waals surface area contributed by atoms with E-state index in [1.165, 1.54) is 16.0 Å². The summed E-state index contributed by atoms with van der Waals surface area (Å²) in [6.07, 6.45) is 0. The topological polar surface area (TPSA) is 105 Å². The lowest BCUT2D eigenvalue weighted by atomic mass is 10.4. The lowest BCUT2D eigenvalue weighted by molar-refractivity contribution is -0.128. The van der Waals surface area contributed by atoms with E-state index in [9.17, 15) is 14.4 Å². The second kappa shape index (κ2) is 7.73. The zero-order valence-corrected chi connectivity index (χ0v) is 14.5. The SMILES string of the molecule is Cc1cc(C)n(CC(=O)NNC(=O)CNC(=O)c2ccc(C)s2)n1. The molecule has 0 unspecified atom stereocenters. The molecule has 0 spiro atoms. The Morgan fingerprint density at radius 1 is 1.12 bits per heavy atom. The number of aromatic nitrogens is 2. The summed E-state index contributed by atoms with van der Waals surface area (Å²) >= 11 is 1.35. The van der Waals surface area contributed by atoms with E-state index in [1.807, 2.05) is 32.9 Å². The number of nitrogens with one attached hydrogen (secondary N) is 3. The van der Waals surface area contributed by atoms with E-state index in [1.54, 1.807) is 6.07 Å². The van der Waals surface area contributed by atoms with Gasteiger partial charge in [-0.15, -0.1) is 11.3 Å². The molecule has 128 valence electrons. The largest absolute Gasteiger partial charge is 0.342 e. The highest BCUT2D eigenvalue weighted by molar-refractivity contribution is 7.13. The molecule has 2 heterocycles. The minimum absolute atomic E-state index is 0.000778. The first-order valence-corrected chi connectivity index (χ1v) is 8.10. The number of nitrogens with zero attached hydrogens (tertiary/aromatic N) is 2. The number of amides is 3. The van der Waals surface area contributed by atoms with Gasteiger partial charge in [0.15, 0.2) is 0 Å². The number of thiophene rings is 1. The molecule has 2 aromatic rings. The molecule has 0 saturated carbocycles. The third-order valence-corrected chi connectivity index (χ3v) is 4.11. The summed E-state index contributed by atoms with van der Waals surface area (Å²) < 4.78 is 1.54. The number of rotatable bonds is 5.